The normalized spacial score (nSPS) is 14.8. The highest BCUT2D eigenvalue weighted by Gasteiger charge is 2.32. The summed E-state index contributed by atoms with van der Waals surface area (Å²) in [4.78, 5) is 11.3. The van der Waals surface area contributed by atoms with Crippen molar-refractivity contribution >= 4 is 5.97 Å². The van der Waals surface area contributed by atoms with Crippen LogP contribution in [0.4, 0.5) is 0 Å². The van der Waals surface area contributed by atoms with E-state index in [0.29, 0.717) is 25.4 Å². The van der Waals surface area contributed by atoms with E-state index in [1.54, 1.807) is 17.8 Å². The Balaban J connectivity index is 2.47. The maximum Gasteiger partial charge on any atom is 0.323 e. The number of rotatable bonds is 7. The lowest BCUT2D eigenvalue weighted by atomic mass is 9.91. The topological polar surface area (TPSA) is 67.2 Å². The fraction of sp³-hybridized carbons (Fsp3) is 0.667. The highest BCUT2D eigenvalue weighted by Crippen LogP contribution is 2.16. The number of aromatic nitrogens is 2. The minimum absolute atomic E-state index is 0.341. The van der Waals surface area contributed by atoms with Crippen LogP contribution in [0.15, 0.2) is 18.5 Å². The summed E-state index contributed by atoms with van der Waals surface area (Å²) in [6.07, 6.45) is 4.19. The molecule has 5 nitrogen and oxygen atoms in total. The first-order chi connectivity index (χ1) is 7.94. The quantitative estimate of drug-likeness (QED) is 0.754. The number of hydrogen-bond donors (Lipinski definition) is 2. The number of hydrogen-bond acceptors (Lipinski definition) is 3. The third kappa shape index (κ3) is 4.19. The summed E-state index contributed by atoms with van der Waals surface area (Å²) < 4.78 is 1.78. The third-order valence-electron chi connectivity index (χ3n) is 2.70. The molecule has 0 fully saturated rings. The van der Waals surface area contributed by atoms with Crippen molar-refractivity contribution in [1.82, 2.24) is 15.1 Å². The van der Waals surface area contributed by atoms with Crippen molar-refractivity contribution in [1.29, 1.82) is 0 Å². The highest BCUT2D eigenvalue weighted by atomic mass is 16.4. The molecule has 2 N–H and O–H groups in total. The van der Waals surface area contributed by atoms with Gasteiger partial charge in [-0.3, -0.25) is 9.48 Å². The second kappa shape index (κ2) is 5.82. The monoisotopic (exact) mass is 239 g/mol. The van der Waals surface area contributed by atoms with E-state index in [2.05, 4.69) is 10.4 Å². The lowest BCUT2D eigenvalue weighted by Gasteiger charge is -2.28. The molecule has 0 aliphatic heterocycles. The van der Waals surface area contributed by atoms with Gasteiger partial charge in [-0.25, -0.2) is 0 Å². The van der Waals surface area contributed by atoms with Crippen LogP contribution in [0.25, 0.3) is 0 Å². The summed E-state index contributed by atoms with van der Waals surface area (Å²) >= 11 is 0. The maximum absolute atomic E-state index is 11.3. The van der Waals surface area contributed by atoms with Gasteiger partial charge in [0.2, 0.25) is 0 Å². The summed E-state index contributed by atoms with van der Waals surface area (Å²) in [6.45, 7) is 7.05. The summed E-state index contributed by atoms with van der Waals surface area (Å²) in [6, 6.07) is 1.85. The van der Waals surface area contributed by atoms with Crippen LogP contribution in [0.3, 0.4) is 0 Å². The molecule has 0 aliphatic carbocycles. The first-order valence-corrected chi connectivity index (χ1v) is 5.90. The van der Waals surface area contributed by atoms with Gasteiger partial charge in [0.15, 0.2) is 0 Å². The lowest BCUT2D eigenvalue weighted by Crippen LogP contribution is -2.51. The molecule has 1 atom stereocenters. The van der Waals surface area contributed by atoms with Gasteiger partial charge in [0.05, 0.1) is 6.54 Å². The van der Waals surface area contributed by atoms with Gasteiger partial charge in [0, 0.05) is 18.9 Å². The molecule has 1 rings (SSSR count). The zero-order chi connectivity index (χ0) is 12.9. The SMILES string of the molecule is CC(C)CC(C)(NCCn1cccn1)C(=O)O. The van der Waals surface area contributed by atoms with Gasteiger partial charge in [-0.15, -0.1) is 0 Å². The standard InChI is InChI=1S/C12H21N3O2/c1-10(2)9-12(3,11(16)17)13-6-8-15-7-4-5-14-15/h4-5,7,10,13H,6,8-9H2,1-3H3,(H,16,17). The van der Waals surface area contributed by atoms with Crippen LogP contribution in [0.5, 0.6) is 0 Å². The van der Waals surface area contributed by atoms with E-state index in [-0.39, 0.29) is 0 Å². The molecule has 1 unspecified atom stereocenters. The van der Waals surface area contributed by atoms with Gasteiger partial charge >= 0.3 is 5.97 Å². The van der Waals surface area contributed by atoms with Gasteiger partial charge in [-0.2, -0.15) is 5.10 Å². The number of carboxylic acid groups (broad SMARTS) is 1. The average molecular weight is 239 g/mol. The summed E-state index contributed by atoms with van der Waals surface area (Å²) in [5.74, 6) is -0.458. The van der Waals surface area contributed by atoms with Crippen molar-refractivity contribution in [3.05, 3.63) is 18.5 Å². The molecular weight excluding hydrogens is 218 g/mol. The van der Waals surface area contributed by atoms with Gasteiger partial charge in [-0.05, 0) is 25.3 Å². The summed E-state index contributed by atoms with van der Waals surface area (Å²) in [5.41, 5.74) is -0.860. The molecule has 5 heteroatoms. The van der Waals surface area contributed by atoms with Crippen LogP contribution < -0.4 is 5.32 Å². The molecule has 0 radical (unpaired) electrons. The first kappa shape index (κ1) is 13.7. The van der Waals surface area contributed by atoms with Crippen LogP contribution in [0.1, 0.15) is 27.2 Å². The summed E-state index contributed by atoms with van der Waals surface area (Å²) in [5, 5.41) is 16.4. The van der Waals surface area contributed by atoms with Gasteiger partial charge in [-0.1, -0.05) is 13.8 Å². The van der Waals surface area contributed by atoms with E-state index in [9.17, 15) is 9.90 Å². The molecule has 1 heterocycles. The average Bonchev–Trinajstić information content (AvgIpc) is 2.69. The first-order valence-electron chi connectivity index (χ1n) is 5.90. The van der Waals surface area contributed by atoms with E-state index < -0.39 is 11.5 Å². The Labute approximate surface area is 102 Å². The molecule has 17 heavy (non-hydrogen) atoms. The zero-order valence-corrected chi connectivity index (χ0v) is 10.7. The molecule has 96 valence electrons. The Kier molecular flexibility index (Phi) is 4.69. The Hall–Kier alpha value is -1.36. The van der Waals surface area contributed by atoms with Crippen molar-refractivity contribution in [2.45, 2.75) is 39.3 Å². The lowest BCUT2D eigenvalue weighted by molar-refractivity contribution is -0.144. The largest absolute Gasteiger partial charge is 0.480 e. The summed E-state index contributed by atoms with van der Waals surface area (Å²) in [7, 11) is 0. The van der Waals surface area contributed by atoms with Gasteiger partial charge < -0.3 is 10.4 Å². The second-order valence-electron chi connectivity index (χ2n) is 4.93. The molecule has 0 bridgehead atoms. The Morgan fingerprint density at radius 2 is 2.29 bits per heavy atom. The molecule has 0 saturated heterocycles. The van der Waals surface area contributed by atoms with Crippen molar-refractivity contribution in [3.8, 4) is 0 Å². The van der Waals surface area contributed by atoms with Crippen LogP contribution in [0, 0.1) is 5.92 Å². The molecule has 1 aromatic heterocycles. The fourth-order valence-corrected chi connectivity index (χ4v) is 1.93. The van der Waals surface area contributed by atoms with E-state index in [1.807, 2.05) is 26.1 Å². The van der Waals surface area contributed by atoms with Crippen LogP contribution in [-0.4, -0.2) is 32.9 Å². The molecule has 1 aromatic rings. The van der Waals surface area contributed by atoms with E-state index in [1.165, 1.54) is 0 Å². The minimum Gasteiger partial charge on any atom is -0.480 e. The maximum atomic E-state index is 11.3. The van der Waals surface area contributed by atoms with Crippen molar-refractivity contribution < 1.29 is 9.90 Å². The third-order valence-corrected chi connectivity index (χ3v) is 2.70. The fourth-order valence-electron chi connectivity index (χ4n) is 1.93. The molecule has 0 aliphatic rings. The Morgan fingerprint density at radius 1 is 1.59 bits per heavy atom. The highest BCUT2D eigenvalue weighted by molar-refractivity contribution is 5.78. The van der Waals surface area contributed by atoms with E-state index in [4.69, 9.17) is 0 Å². The Morgan fingerprint density at radius 3 is 2.76 bits per heavy atom. The molecule has 0 saturated carbocycles. The van der Waals surface area contributed by atoms with Gasteiger partial charge in [0.25, 0.3) is 0 Å². The molecule has 0 spiro atoms. The van der Waals surface area contributed by atoms with Crippen molar-refractivity contribution in [3.63, 3.8) is 0 Å². The van der Waals surface area contributed by atoms with E-state index >= 15 is 0 Å². The number of carbonyl (C=O) groups is 1. The number of carboxylic acids is 1. The number of aliphatic carboxylic acids is 1. The molecule has 0 amide bonds. The molecular formula is C12H21N3O2. The number of nitrogens with zero attached hydrogens (tertiary/aromatic N) is 2. The smallest absolute Gasteiger partial charge is 0.323 e. The zero-order valence-electron chi connectivity index (χ0n) is 10.7. The minimum atomic E-state index is -0.860. The van der Waals surface area contributed by atoms with E-state index in [0.717, 1.165) is 0 Å². The van der Waals surface area contributed by atoms with Gasteiger partial charge in [0.1, 0.15) is 5.54 Å². The van der Waals surface area contributed by atoms with Crippen LogP contribution in [0.2, 0.25) is 0 Å². The van der Waals surface area contributed by atoms with Crippen molar-refractivity contribution in [2.75, 3.05) is 6.54 Å². The second-order valence-corrected chi connectivity index (χ2v) is 4.93. The predicted octanol–water partition coefficient (Wildman–Crippen LogP) is 1.36. The Bertz CT molecular complexity index is 349. The molecule has 0 aromatic carbocycles. The van der Waals surface area contributed by atoms with Crippen LogP contribution >= 0.6 is 0 Å². The van der Waals surface area contributed by atoms with Crippen LogP contribution in [-0.2, 0) is 11.3 Å². The predicted molar refractivity (Wildman–Crippen MR) is 65.7 cm³/mol. The van der Waals surface area contributed by atoms with Crippen molar-refractivity contribution in [2.24, 2.45) is 5.92 Å². The number of nitrogens with one attached hydrogen (secondary N) is 1.